The van der Waals surface area contributed by atoms with Crippen LogP contribution in [0, 0.1) is 0 Å². The zero-order valence-electron chi connectivity index (χ0n) is 9.19. The highest BCUT2D eigenvalue weighted by molar-refractivity contribution is 6.30. The van der Waals surface area contributed by atoms with Gasteiger partial charge in [-0.1, -0.05) is 17.7 Å². The third kappa shape index (κ3) is 2.97. The fourth-order valence-corrected chi connectivity index (χ4v) is 1.86. The van der Waals surface area contributed by atoms with Gasteiger partial charge >= 0.3 is 0 Å². The number of likely N-dealkylation sites (tertiary alicyclic amines) is 1. The van der Waals surface area contributed by atoms with Crippen molar-refractivity contribution < 1.29 is 14.3 Å². The third-order valence-corrected chi connectivity index (χ3v) is 2.77. The van der Waals surface area contributed by atoms with Crippen molar-refractivity contribution in [3.05, 3.63) is 29.3 Å². The summed E-state index contributed by atoms with van der Waals surface area (Å²) in [6.07, 6.45) is 0.631. The maximum Gasteiger partial charge on any atom is 0.229 e. The first kappa shape index (κ1) is 11.9. The summed E-state index contributed by atoms with van der Waals surface area (Å²) in [4.78, 5) is 23.9. The van der Waals surface area contributed by atoms with Crippen LogP contribution in [-0.2, 0) is 9.59 Å². The number of ether oxygens (including phenoxy) is 1. The first-order valence-electron chi connectivity index (χ1n) is 5.38. The molecule has 1 aromatic rings. The highest BCUT2D eigenvalue weighted by Gasteiger charge is 2.28. The normalized spacial score (nSPS) is 15.5. The van der Waals surface area contributed by atoms with Gasteiger partial charge in [0.15, 0.2) is 0 Å². The molecule has 1 aromatic carbocycles. The predicted octanol–water partition coefficient (Wildman–Crippen LogP) is 1.87. The maximum absolute atomic E-state index is 11.3. The average Bonchev–Trinajstić information content (AvgIpc) is 2.61. The third-order valence-electron chi connectivity index (χ3n) is 2.53. The van der Waals surface area contributed by atoms with Gasteiger partial charge in [0, 0.05) is 17.9 Å². The van der Waals surface area contributed by atoms with E-state index in [1.165, 1.54) is 4.90 Å². The van der Waals surface area contributed by atoms with Crippen LogP contribution in [0.15, 0.2) is 24.3 Å². The lowest BCUT2D eigenvalue weighted by Crippen LogP contribution is -2.33. The Balaban J connectivity index is 1.83. The van der Waals surface area contributed by atoms with Gasteiger partial charge in [0.2, 0.25) is 11.8 Å². The first-order chi connectivity index (χ1) is 8.16. The minimum Gasteiger partial charge on any atom is -0.492 e. The molecule has 0 saturated carbocycles. The van der Waals surface area contributed by atoms with E-state index in [9.17, 15) is 9.59 Å². The van der Waals surface area contributed by atoms with Gasteiger partial charge in [-0.2, -0.15) is 0 Å². The molecular weight excluding hydrogens is 242 g/mol. The number of benzene rings is 1. The van der Waals surface area contributed by atoms with Crippen molar-refractivity contribution in [3.8, 4) is 5.75 Å². The van der Waals surface area contributed by atoms with Crippen molar-refractivity contribution >= 4 is 23.4 Å². The molecule has 0 atom stereocenters. The lowest BCUT2D eigenvalue weighted by atomic mass is 10.3. The fraction of sp³-hybridized carbons (Fsp3) is 0.333. The van der Waals surface area contributed by atoms with Crippen molar-refractivity contribution in [2.24, 2.45) is 0 Å². The van der Waals surface area contributed by atoms with Gasteiger partial charge in [-0.25, -0.2) is 0 Å². The Morgan fingerprint density at radius 3 is 2.59 bits per heavy atom. The summed E-state index contributed by atoms with van der Waals surface area (Å²) in [6, 6.07) is 7.00. The number of carbonyl (C=O) groups excluding carboxylic acids is 2. The zero-order valence-corrected chi connectivity index (χ0v) is 9.94. The molecule has 5 heteroatoms. The summed E-state index contributed by atoms with van der Waals surface area (Å²) in [5.41, 5.74) is 0. The Bertz CT molecular complexity index is 431. The van der Waals surface area contributed by atoms with E-state index in [2.05, 4.69) is 0 Å². The van der Waals surface area contributed by atoms with Crippen molar-refractivity contribution in [1.82, 2.24) is 4.90 Å². The van der Waals surface area contributed by atoms with E-state index in [1.54, 1.807) is 24.3 Å². The fourth-order valence-electron chi connectivity index (χ4n) is 1.68. The van der Waals surface area contributed by atoms with E-state index < -0.39 is 0 Å². The van der Waals surface area contributed by atoms with Crippen LogP contribution in [-0.4, -0.2) is 29.9 Å². The molecule has 0 aliphatic carbocycles. The van der Waals surface area contributed by atoms with Crippen LogP contribution in [0.25, 0.3) is 0 Å². The van der Waals surface area contributed by atoms with E-state index in [-0.39, 0.29) is 18.4 Å². The summed E-state index contributed by atoms with van der Waals surface area (Å²) >= 11 is 5.80. The first-order valence-corrected chi connectivity index (χ1v) is 5.76. The number of rotatable bonds is 4. The van der Waals surface area contributed by atoms with Gasteiger partial charge in [0.1, 0.15) is 12.4 Å². The monoisotopic (exact) mass is 253 g/mol. The van der Waals surface area contributed by atoms with Crippen molar-refractivity contribution in [3.63, 3.8) is 0 Å². The highest BCUT2D eigenvalue weighted by Crippen LogP contribution is 2.17. The topological polar surface area (TPSA) is 46.6 Å². The summed E-state index contributed by atoms with van der Waals surface area (Å²) in [5, 5.41) is 0.593. The van der Waals surface area contributed by atoms with E-state index in [0.29, 0.717) is 30.2 Å². The molecule has 0 spiro atoms. The Morgan fingerprint density at radius 2 is 1.94 bits per heavy atom. The number of nitrogens with zero attached hydrogens (tertiary/aromatic N) is 1. The Kier molecular flexibility index (Phi) is 3.64. The number of hydrogen-bond donors (Lipinski definition) is 0. The van der Waals surface area contributed by atoms with Crippen LogP contribution in [0.1, 0.15) is 12.8 Å². The highest BCUT2D eigenvalue weighted by atomic mass is 35.5. The number of halogens is 1. The van der Waals surface area contributed by atoms with Gasteiger partial charge in [0.05, 0.1) is 6.54 Å². The second-order valence-corrected chi connectivity index (χ2v) is 4.18. The molecule has 0 unspecified atom stereocenters. The molecule has 0 radical (unpaired) electrons. The second kappa shape index (κ2) is 5.19. The van der Waals surface area contributed by atoms with Gasteiger partial charge in [-0.15, -0.1) is 0 Å². The Hall–Kier alpha value is -1.55. The van der Waals surface area contributed by atoms with Crippen LogP contribution < -0.4 is 4.74 Å². The molecule has 2 rings (SSSR count). The van der Waals surface area contributed by atoms with E-state index in [0.717, 1.165) is 0 Å². The predicted molar refractivity (Wildman–Crippen MR) is 62.9 cm³/mol. The van der Waals surface area contributed by atoms with Gasteiger partial charge in [0.25, 0.3) is 0 Å². The van der Waals surface area contributed by atoms with E-state index >= 15 is 0 Å². The summed E-state index contributed by atoms with van der Waals surface area (Å²) in [5.74, 6) is 0.394. The van der Waals surface area contributed by atoms with Crippen LogP contribution in [0.5, 0.6) is 5.75 Å². The quantitative estimate of drug-likeness (QED) is 0.770. The standard InChI is InChI=1S/C12H12ClNO3/c13-9-2-1-3-10(8-9)17-7-6-14-11(15)4-5-12(14)16/h1-3,8H,4-7H2. The largest absolute Gasteiger partial charge is 0.492 e. The minimum atomic E-state index is -0.121. The molecular formula is C12H12ClNO3. The summed E-state index contributed by atoms with van der Waals surface area (Å²) < 4.78 is 5.41. The summed E-state index contributed by atoms with van der Waals surface area (Å²) in [7, 11) is 0. The molecule has 0 N–H and O–H groups in total. The van der Waals surface area contributed by atoms with Gasteiger partial charge < -0.3 is 4.74 Å². The second-order valence-electron chi connectivity index (χ2n) is 3.74. The molecule has 1 aliphatic rings. The minimum absolute atomic E-state index is 0.121. The lowest BCUT2D eigenvalue weighted by molar-refractivity contribution is -0.138. The van der Waals surface area contributed by atoms with Crippen molar-refractivity contribution in [2.75, 3.05) is 13.2 Å². The van der Waals surface area contributed by atoms with Crippen molar-refractivity contribution in [2.45, 2.75) is 12.8 Å². The molecule has 1 saturated heterocycles. The molecule has 0 bridgehead atoms. The van der Waals surface area contributed by atoms with Crippen LogP contribution in [0.3, 0.4) is 0 Å². The SMILES string of the molecule is O=C1CCC(=O)N1CCOc1cccc(Cl)c1. The number of carbonyl (C=O) groups is 2. The van der Waals surface area contributed by atoms with Crippen LogP contribution in [0.4, 0.5) is 0 Å². The van der Waals surface area contributed by atoms with E-state index in [4.69, 9.17) is 16.3 Å². The molecule has 2 amide bonds. The molecule has 1 heterocycles. The smallest absolute Gasteiger partial charge is 0.229 e. The maximum atomic E-state index is 11.3. The van der Waals surface area contributed by atoms with Crippen LogP contribution in [0.2, 0.25) is 5.02 Å². The van der Waals surface area contributed by atoms with Gasteiger partial charge in [-0.05, 0) is 18.2 Å². The number of imide groups is 1. The Labute approximate surface area is 104 Å². The number of amides is 2. The van der Waals surface area contributed by atoms with Crippen LogP contribution >= 0.6 is 11.6 Å². The molecule has 1 aliphatic heterocycles. The number of hydrogen-bond acceptors (Lipinski definition) is 3. The average molecular weight is 254 g/mol. The molecule has 1 fully saturated rings. The summed E-state index contributed by atoms with van der Waals surface area (Å²) in [6.45, 7) is 0.585. The molecule has 90 valence electrons. The molecule has 17 heavy (non-hydrogen) atoms. The van der Waals surface area contributed by atoms with E-state index in [1.807, 2.05) is 0 Å². The zero-order chi connectivity index (χ0) is 12.3. The molecule has 4 nitrogen and oxygen atoms in total. The lowest BCUT2D eigenvalue weighted by Gasteiger charge is -2.14. The van der Waals surface area contributed by atoms with Crippen molar-refractivity contribution in [1.29, 1.82) is 0 Å². The Morgan fingerprint density at radius 1 is 1.24 bits per heavy atom. The van der Waals surface area contributed by atoms with Gasteiger partial charge in [-0.3, -0.25) is 14.5 Å². The molecule has 0 aromatic heterocycles.